The molecule has 2 aromatic carbocycles. The van der Waals surface area contributed by atoms with Gasteiger partial charge in [-0.05, 0) is 51.0 Å². The van der Waals surface area contributed by atoms with Crippen LogP contribution in [0.3, 0.4) is 0 Å². The van der Waals surface area contributed by atoms with Gasteiger partial charge in [-0.3, -0.25) is 9.20 Å². The summed E-state index contributed by atoms with van der Waals surface area (Å²) in [6.07, 6.45) is 4.57. The van der Waals surface area contributed by atoms with Crippen LogP contribution in [0.15, 0.2) is 48.9 Å². The summed E-state index contributed by atoms with van der Waals surface area (Å²) in [4.78, 5) is 27.9. The number of hydrogen-bond acceptors (Lipinski definition) is 7. The van der Waals surface area contributed by atoms with Gasteiger partial charge in [0.25, 0.3) is 5.91 Å². The molecule has 0 spiro atoms. The van der Waals surface area contributed by atoms with Gasteiger partial charge in [0.05, 0.1) is 29.6 Å². The SMILES string of the molecule is CCN(CCN(C)C)CCN(C)C(=O)c1ccc(Nc2nccn3c(-c4ccc(OC)c(F)c4F)cnc23)cc1Cl. The minimum absolute atomic E-state index is 0.0303. The third-order valence-electron chi connectivity index (χ3n) is 6.84. The highest BCUT2D eigenvalue weighted by atomic mass is 35.5. The van der Waals surface area contributed by atoms with E-state index in [1.54, 1.807) is 40.7 Å². The molecule has 9 nitrogen and oxygen atoms in total. The summed E-state index contributed by atoms with van der Waals surface area (Å²) in [5.74, 6) is -2.09. The lowest BCUT2D eigenvalue weighted by Gasteiger charge is -2.26. The average Bonchev–Trinajstić information content (AvgIpc) is 3.39. The molecule has 0 aliphatic heterocycles. The van der Waals surface area contributed by atoms with Gasteiger partial charge in [-0.1, -0.05) is 18.5 Å². The van der Waals surface area contributed by atoms with Gasteiger partial charge in [0.2, 0.25) is 5.82 Å². The summed E-state index contributed by atoms with van der Waals surface area (Å²) < 4.78 is 35.6. The Balaban J connectivity index is 1.50. The minimum Gasteiger partial charge on any atom is -0.494 e. The first-order chi connectivity index (χ1) is 19.6. The van der Waals surface area contributed by atoms with Crippen molar-refractivity contribution >= 4 is 34.7 Å². The predicted molar refractivity (Wildman–Crippen MR) is 157 cm³/mol. The van der Waals surface area contributed by atoms with E-state index in [1.165, 1.54) is 31.6 Å². The fourth-order valence-corrected chi connectivity index (χ4v) is 4.63. The molecular formula is C29H34ClF2N7O2. The van der Waals surface area contributed by atoms with Gasteiger partial charge in [-0.2, -0.15) is 4.39 Å². The zero-order valence-electron chi connectivity index (χ0n) is 23.8. The Morgan fingerprint density at radius 3 is 2.49 bits per heavy atom. The number of anilines is 2. The Bertz CT molecular complexity index is 1530. The number of nitrogens with one attached hydrogen (secondary N) is 1. The van der Waals surface area contributed by atoms with Gasteiger partial charge in [-0.15, -0.1) is 0 Å². The van der Waals surface area contributed by atoms with Crippen LogP contribution in [0.25, 0.3) is 16.9 Å². The number of nitrogens with zero attached hydrogens (tertiary/aromatic N) is 6. The van der Waals surface area contributed by atoms with Gasteiger partial charge in [-0.25, -0.2) is 14.4 Å². The lowest BCUT2D eigenvalue weighted by Crippen LogP contribution is -2.39. The average molecular weight is 586 g/mol. The van der Waals surface area contributed by atoms with Crippen molar-refractivity contribution in [3.63, 3.8) is 0 Å². The first kappa shape index (κ1) is 30.2. The number of carbonyl (C=O) groups excluding carboxylic acids is 1. The second-order valence-electron chi connectivity index (χ2n) is 9.84. The molecule has 0 saturated carbocycles. The summed E-state index contributed by atoms with van der Waals surface area (Å²) in [7, 11) is 7.12. The topological polar surface area (TPSA) is 78.2 Å². The highest BCUT2D eigenvalue weighted by Crippen LogP contribution is 2.32. The summed E-state index contributed by atoms with van der Waals surface area (Å²) in [6, 6.07) is 7.84. The molecule has 4 rings (SSSR count). The van der Waals surface area contributed by atoms with Crippen LogP contribution in [-0.2, 0) is 0 Å². The molecule has 218 valence electrons. The van der Waals surface area contributed by atoms with E-state index in [-0.39, 0.29) is 17.2 Å². The number of aromatic nitrogens is 3. The van der Waals surface area contributed by atoms with Crippen LogP contribution in [-0.4, -0.2) is 96.0 Å². The molecule has 0 bridgehead atoms. The zero-order chi connectivity index (χ0) is 29.7. The number of ether oxygens (including phenoxy) is 1. The summed E-state index contributed by atoms with van der Waals surface area (Å²) in [6.45, 7) is 6.23. The van der Waals surface area contributed by atoms with Crippen molar-refractivity contribution in [2.75, 3.05) is 66.3 Å². The maximum absolute atomic E-state index is 14.8. The van der Waals surface area contributed by atoms with Crippen LogP contribution in [0, 0.1) is 11.6 Å². The highest BCUT2D eigenvalue weighted by molar-refractivity contribution is 6.34. The Hall–Kier alpha value is -3.80. The van der Waals surface area contributed by atoms with Crippen LogP contribution in [0.5, 0.6) is 5.75 Å². The standard InChI is InChI=1S/C29H34ClF2N7O2/c1-6-38(15-13-36(2)3)16-14-37(4)29(40)20-8-7-19(17-22(20)30)35-27-28-34-18-23(39(28)12-11-33-27)21-9-10-24(41-5)26(32)25(21)31/h7-12,17-18H,6,13-16H2,1-5H3,(H,33,35). The Kier molecular flexibility index (Phi) is 9.74. The van der Waals surface area contributed by atoms with Gasteiger partial charge >= 0.3 is 0 Å². The second-order valence-corrected chi connectivity index (χ2v) is 10.2. The summed E-state index contributed by atoms with van der Waals surface area (Å²) in [5.41, 5.74) is 1.74. The van der Waals surface area contributed by atoms with Gasteiger partial charge in [0.1, 0.15) is 0 Å². The lowest BCUT2D eigenvalue weighted by molar-refractivity contribution is 0.0777. The normalized spacial score (nSPS) is 11.5. The molecule has 12 heteroatoms. The molecule has 0 fully saturated rings. The summed E-state index contributed by atoms with van der Waals surface area (Å²) >= 11 is 6.54. The first-order valence-corrected chi connectivity index (χ1v) is 13.6. The van der Waals surface area contributed by atoms with E-state index in [0.717, 1.165) is 26.2 Å². The van der Waals surface area contributed by atoms with Gasteiger partial charge < -0.3 is 24.8 Å². The van der Waals surface area contributed by atoms with Crippen molar-refractivity contribution in [1.82, 2.24) is 29.1 Å². The van der Waals surface area contributed by atoms with Crippen LogP contribution in [0.2, 0.25) is 5.02 Å². The molecule has 0 atom stereocenters. The second kappa shape index (κ2) is 13.2. The number of likely N-dealkylation sites (N-methyl/N-ethyl adjacent to an activating group) is 3. The van der Waals surface area contributed by atoms with Crippen molar-refractivity contribution in [2.45, 2.75) is 6.92 Å². The van der Waals surface area contributed by atoms with E-state index >= 15 is 0 Å². The van der Waals surface area contributed by atoms with Crippen molar-refractivity contribution in [3.8, 4) is 17.0 Å². The molecular weight excluding hydrogens is 552 g/mol. The van der Waals surface area contributed by atoms with Crippen LogP contribution in [0.1, 0.15) is 17.3 Å². The van der Waals surface area contributed by atoms with Crippen molar-refractivity contribution < 1.29 is 18.3 Å². The van der Waals surface area contributed by atoms with Gasteiger partial charge in [0, 0.05) is 56.9 Å². The molecule has 0 radical (unpaired) electrons. The molecule has 1 amide bonds. The zero-order valence-corrected chi connectivity index (χ0v) is 24.5. The molecule has 4 aromatic rings. The fourth-order valence-electron chi connectivity index (χ4n) is 4.36. The van der Waals surface area contributed by atoms with Crippen LogP contribution >= 0.6 is 11.6 Å². The monoisotopic (exact) mass is 585 g/mol. The molecule has 1 N–H and O–H groups in total. The molecule has 41 heavy (non-hydrogen) atoms. The smallest absolute Gasteiger partial charge is 0.255 e. The van der Waals surface area contributed by atoms with Crippen molar-refractivity contribution in [1.29, 1.82) is 0 Å². The largest absolute Gasteiger partial charge is 0.494 e. The molecule has 2 heterocycles. The molecule has 2 aromatic heterocycles. The van der Waals surface area contributed by atoms with Crippen molar-refractivity contribution in [3.05, 3.63) is 71.1 Å². The van der Waals surface area contributed by atoms with Crippen LogP contribution in [0.4, 0.5) is 20.3 Å². The predicted octanol–water partition coefficient (Wildman–Crippen LogP) is 5.04. The fraction of sp³-hybridized carbons (Fsp3) is 0.345. The highest BCUT2D eigenvalue weighted by Gasteiger charge is 2.20. The molecule has 0 aliphatic carbocycles. The van der Waals surface area contributed by atoms with Gasteiger partial charge in [0.15, 0.2) is 23.0 Å². The number of fused-ring (bicyclic) bond motifs is 1. The number of hydrogen-bond donors (Lipinski definition) is 1. The number of benzene rings is 2. The lowest BCUT2D eigenvalue weighted by atomic mass is 10.1. The number of methoxy groups -OCH3 is 1. The number of carbonyl (C=O) groups is 1. The maximum Gasteiger partial charge on any atom is 0.255 e. The van der Waals surface area contributed by atoms with E-state index in [0.29, 0.717) is 40.0 Å². The number of rotatable bonds is 12. The van der Waals surface area contributed by atoms with Crippen molar-refractivity contribution in [2.24, 2.45) is 0 Å². The maximum atomic E-state index is 14.8. The summed E-state index contributed by atoms with van der Waals surface area (Å²) in [5, 5.41) is 3.45. The Morgan fingerprint density at radius 1 is 1.05 bits per heavy atom. The van der Waals surface area contributed by atoms with E-state index in [9.17, 15) is 13.6 Å². The van der Waals surface area contributed by atoms with E-state index < -0.39 is 11.6 Å². The Labute approximate surface area is 243 Å². The quantitative estimate of drug-likeness (QED) is 0.250. The van der Waals surface area contributed by atoms with E-state index in [2.05, 4.69) is 32.0 Å². The van der Waals surface area contributed by atoms with E-state index in [1.807, 2.05) is 14.1 Å². The number of halogens is 3. The third-order valence-corrected chi connectivity index (χ3v) is 7.15. The van der Waals surface area contributed by atoms with Crippen LogP contribution < -0.4 is 10.1 Å². The molecule has 0 saturated heterocycles. The Morgan fingerprint density at radius 2 is 1.80 bits per heavy atom. The molecule has 0 unspecified atom stereocenters. The minimum atomic E-state index is -1.07. The third kappa shape index (κ3) is 6.75. The number of imidazole rings is 1. The molecule has 0 aliphatic rings. The first-order valence-electron chi connectivity index (χ1n) is 13.2. The number of amides is 1. The van der Waals surface area contributed by atoms with E-state index in [4.69, 9.17) is 16.3 Å².